The monoisotopic (exact) mass is 342 g/mol. The molecule has 2 aromatic rings. The summed E-state index contributed by atoms with van der Waals surface area (Å²) >= 11 is 5.16. The van der Waals surface area contributed by atoms with Crippen LogP contribution in [0.3, 0.4) is 0 Å². The Balaban J connectivity index is 1.87. The Kier molecular flexibility index (Phi) is 4.43. The molecule has 1 amide bonds. The molecular weight excluding hydrogens is 328 g/mol. The van der Waals surface area contributed by atoms with Gasteiger partial charge in [0.15, 0.2) is 5.11 Å². The fraction of sp³-hybridized carbons (Fsp3) is 0.118. The highest BCUT2D eigenvalue weighted by atomic mass is 32.1. The second-order valence-corrected chi connectivity index (χ2v) is 5.61. The Morgan fingerprint density at radius 1 is 1.29 bits per heavy atom. The fourth-order valence-corrected chi connectivity index (χ4v) is 2.79. The second-order valence-electron chi connectivity index (χ2n) is 5.22. The molecule has 122 valence electrons. The van der Waals surface area contributed by atoms with Crippen LogP contribution in [0.5, 0.6) is 0 Å². The number of carboxylic acids is 1. The molecule has 6 nitrogen and oxygen atoms in total. The Morgan fingerprint density at radius 2 is 2.04 bits per heavy atom. The minimum absolute atomic E-state index is 0.0705. The number of nitrogens with zero attached hydrogens (tertiary/aromatic N) is 1. The van der Waals surface area contributed by atoms with E-state index >= 15 is 0 Å². The lowest BCUT2D eigenvalue weighted by Gasteiger charge is -2.22. The summed E-state index contributed by atoms with van der Waals surface area (Å²) in [6.07, 6.45) is 3.14. The van der Waals surface area contributed by atoms with Crippen molar-refractivity contribution in [1.82, 2.24) is 10.2 Å². The lowest BCUT2D eigenvalue weighted by molar-refractivity contribution is -0.145. The first kappa shape index (κ1) is 15.9. The van der Waals surface area contributed by atoms with E-state index in [0.29, 0.717) is 5.76 Å². The lowest BCUT2D eigenvalue weighted by atomic mass is 10.0. The highest BCUT2D eigenvalue weighted by molar-refractivity contribution is 7.80. The summed E-state index contributed by atoms with van der Waals surface area (Å²) in [5.41, 5.74) is 0.998. The average molecular weight is 342 g/mol. The standard InChI is InChI=1S/C17H14N2O4S/c20-15-13(10-12-7-4-8-23-12)18-17(24)19(15)14(16(21)22)9-11-5-2-1-3-6-11/h1-8,10,14H,9H2,(H,18,24)(H,21,22)/b13-10+. The smallest absolute Gasteiger partial charge is 0.327 e. The fourth-order valence-electron chi connectivity index (χ4n) is 2.47. The van der Waals surface area contributed by atoms with E-state index in [1.165, 1.54) is 12.3 Å². The summed E-state index contributed by atoms with van der Waals surface area (Å²) in [4.78, 5) is 25.4. The quantitative estimate of drug-likeness (QED) is 0.639. The van der Waals surface area contributed by atoms with Crippen molar-refractivity contribution in [3.8, 4) is 0 Å². The predicted molar refractivity (Wildman–Crippen MR) is 90.8 cm³/mol. The number of thiocarbonyl (C=S) groups is 1. The molecule has 3 rings (SSSR count). The lowest BCUT2D eigenvalue weighted by Crippen LogP contribution is -2.46. The van der Waals surface area contributed by atoms with Crippen LogP contribution in [0, 0.1) is 0 Å². The summed E-state index contributed by atoms with van der Waals surface area (Å²) in [6.45, 7) is 0. The first-order valence-corrected chi connectivity index (χ1v) is 7.63. The summed E-state index contributed by atoms with van der Waals surface area (Å²) in [7, 11) is 0. The zero-order valence-electron chi connectivity index (χ0n) is 12.5. The van der Waals surface area contributed by atoms with Crippen LogP contribution in [0.15, 0.2) is 58.8 Å². The number of furan rings is 1. The van der Waals surface area contributed by atoms with Crippen LogP contribution < -0.4 is 5.32 Å². The number of carbonyl (C=O) groups excluding carboxylic acids is 1. The maximum Gasteiger partial charge on any atom is 0.327 e. The van der Waals surface area contributed by atoms with Gasteiger partial charge in [-0.15, -0.1) is 0 Å². The van der Waals surface area contributed by atoms with Crippen LogP contribution in [-0.2, 0) is 16.0 Å². The highest BCUT2D eigenvalue weighted by Gasteiger charge is 2.39. The summed E-state index contributed by atoms with van der Waals surface area (Å²) < 4.78 is 5.17. The third-order valence-corrected chi connectivity index (χ3v) is 3.91. The first-order valence-electron chi connectivity index (χ1n) is 7.23. The van der Waals surface area contributed by atoms with Crippen LogP contribution in [0.2, 0.25) is 0 Å². The van der Waals surface area contributed by atoms with Gasteiger partial charge in [0, 0.05) is 12.5 Å². The largest absolute Gasteiger partial charge is 0.480 e. The van der Waals surface area contributed by atoms with E-state index < -0.39 is 17.9 Å². The Bertz CT molecular complexity index is 799. The SMILES string of the molecule is O=C(O)C(Cc1ccccc1)N1C(=O)/C(=C\c2ccco2)NC1=S. The zero-order chi connectivity index (χ0) is 17.1. The third-order valence-electron chi connectivity index (χ3n) is 3.61. The number of hydrogen-bond donors (Lipinski definition) is 2. The molecule has 1 aliphatic rings. The van der Waals surface area contributed by atoms with Crippen molar-refractivity contribution in [1.29, 1.82) is 0 Å². The summed E-state index contributed by atoms with van der Waals surface area (Å²) in [5, 5.41) is 12.4. The van der Waals surface area contributed by atoms with E-state index in [4.69, 9.17) is 16.6 Å². The van der Waals surface area contributed by atoms with Crippen molar-refractivity contribution in [3.05, 3.63) is 65.7 Å². The molecule has 24 heavy (non-hydrogen) atoms. The molecule has 1 aromatic heterocycles. The maximum absolute atomic E-state index is 12.6. The van der Waals surface area contributed by atoms with E-state index in [1.54, 1.807) is 12.1 Å². The Hall–Kier alpha value is -2.93. The van der Waals surface area contributed by atoms with E-state index in [0.717, 1.165) is 10.5 Å². The van der Waals surface area contributed by atoms with Crippen molar-refractivity contribution in [2.24, 2.45) is 0 Å². The molecule has 1 unspecified atom stereocenters. The number of carboxylic acid groups (broad SMARTS) is 1. The van der Waals surface area contributed by atoms with Crippen LogP contribution in [0.1, 0.15) is 11.3 Å². The molecule has 1 atom stereocenters. The van der Waals surface area contributed by atoms with Crippen LogP contribution >= 0.6 is 12.2 Å². The molecule has 0 radical (unpaired) electrons. The summed E-state index contributed by atoms with van der Waals surface area (Å²) in [5.74, 6) is -1.12. The van der Waals surface area contributed by atoms with Gasteiger partial charge < -0.3 is 14.8 Å². The van der Waals surface area contributed by atoms with E-state index in [1.807, 2.05) is 30.3 Å². The molecule has 0 aliphatic carbocycles. The number of benzene rings is 1. The van der Waals surface area contributed by atoms with Crippen LogP contribution in [0.25, 0.3) is 6.08 Å². The molecule has 0 spiro atoms. The van der Waals surface area contributed by atoms with Gasteiger partial charge in [-0.05, 0) is 29.9 Å². The van der Waals surface area contributed by atoms with Crippen molar-refractivity contribution in [2.75, 3.05) is 0 Å². The van der Waals surface area contributed by atoms with Gasteiger partial charge >= 0.3 is 5.97 Å². The molecule has 1 saturated heterocycles. The second kappa shape index (κ2) is 6.67. The van der Waals surface area contributed by atoms with Crippen LogP contribution in [0.4, 0.5) is 0 Å². The molecule has 1 aromatic carbocycles. The van der Waals surface area contributed by atoms with Gasteiger partial charge in [-0.1, -0.05) is 30.3 Å². The number of carbonyl (C=O) groups is 2. The number of hydrogen-bond acceptors (Lipinski definition) is 4. The Morgan fingerprint density at radius 3 is 2.67 bits per heavy atom. The van der Waals surface area contributed by atoms with E-state index in [2.05, 4.69) is 5.32 Å². The minimum atomic E-state index is -1.12. The maximum atomic E-state index is 12.6. The highest BCUT2D eigenvalue weighted by Crippen LogP contribution is 2.19. The van der Waals surface area contributed by atoms with Gasteiger partial charge in [0.25, 0.3) is 5.91 Å². The molecule has 1 fully saturated rings. The predicted octanol–water partition coefficient (Wildman–Crippen LogP) is 2.03. The molecule has 2 N–H and O–H groups in total. The number of aliphatic carboxylic acids is 1. The van der Waals surface area contributed by atoms with Gasteiger partial charge in [-0.2, -0.15) is 0 Å². The molecule has 0 saturated carbocycles. The van der Waals surface area contributed by atoms with Gasteiger partial charge in [0.05, 0.1) is 6.26 Å². The van der Waals surface area contributed by atoms with E-state index in [9.17, 15) is 14.7 Å². The molecule has 1 aliphatic heterocycles. The van der Waals surface area contributed by atoms with Crippen molar-refractivity contribution in [3.63, 3.8) is 0 Å². The van der Waals surface area contributed by atoms with Gasteiger partial charge in [-0.25, -0.2) is 4.79 Å². The van der Waals surface area contributed by atoms with Gasteiger partial charge in [0.1, 0.15) is 17.5 Å². The number of rotatable bonds is 5. The third kappa shape index (κ3) is 3.21. The molecular formula is C17H14N2O4S. The Labute approximate surface area is 143 Å². The zero-order valence-corrected chi connectivity index (χ0v) is 13.3. The minimum Gasteiger partial charge on any atom is -0.480 e. The number of nitrogens with one attached hydrogen (secondary N) is 1. The summed E-state index contributed by atoms with van der Waals surface area (Å²) in [6, 6.07) is 11.4. The van der Waals surface area contributed by atoms with Gasteiger partial charge in [0.2, 0.25) is 0 Å². The van der Waals surface area contributed by atoms with Crippen molar-refractivity contribution >= 4 is 35.3 Å². The van der Waals surface area contributed by atoms with Crippen molar-refractivity contribution < 1.29 is 19.1 Å². The topological polar surface area (TPSA) is 82.8 Å². The molecule has 7 heteroatoms. The number of amides is 1. The van der Waals surface area contributed by atoms with Gasteiger partial charge in [-0.3, -0.25) is 9.69 Å². The first-order chi connectivity index (χ1) is 11.6. The van der Waals surface area contributed by atoms with E-state index in [-0.39, 0.29) is 17.2 Å². The molecule has 0 bridgehead atoms. The molecule has 2 heterocycles. The average Bonchev–Trinajstić information content (AvgIpc) is 3.16. The van der Waals surface area contributed by atoms with Crippen molar-refractivity contribution in [2.45, 2.75) is 12.5 Å². The normalized spacial score (nSPS) is 17.2. The van der Waals surface area contributed by atoms with Crippen LogP contribution in [-0.4, -0.2) is 33.0 Å².